The van der Waals surface area contributed by atoms with Crippen molar-refractivity contribution in [1.82, 2.24) is 4.98 Å². The minimum absolute atomic E-state index is 0.0587. The molecule has 0 saturated carbocycles. The number of hydrogen-bond donors (Lipinski definition) is 0. The van der Waals surface area contributed by atoms with E-state index < -0.39 is 4.92 Å². The van der Waals surface area contributed by atoms with Crippen molar-refractivity contribution in [3.05, 3.63) is 62.8 Å². The molecule has 1 aromatic carbocycles. The molecule has 0 aliphatic rings. The molecule has 0 radical (unpaired) electrons. The van der Waals surface area contributed by atoms with Gasteiger partial charge in [0.2, 0.25) is 0 Å². The van der Waals surface area contributed by atoms with E-state index in [4.69, 9.17) is 11.6 Å². The van der Waals surface area contributed by atoms with Gasteiger partial charge in [-0.3, -0.25) is 10.1 Å². The van der Waals surface area contributed by atoms with Crippen LogP contribution in [0.5, 0.6) is 0 Å². The third kappa shape index (κ3) is 3.24. The summed E-state index contributed by atoms with van der Waals surface area (Å²) in [6.07, 6.45) is 0. The smallest absolute Gasteiger partial charge is 0.276 e. The summed E-state index contributed by atoms with van der Waals surface area (Å²) in [5, 5.41) is 11.0. The molecule has 0 bridgehead atoms. The van der Waals surface area contributed by atoms with Gasteiger partial charge in [0.25, 0.3) is 5.69 Å². The molecule has 0 amide bonds. The van der Waals surface area contributed by atoms with Crippen LogP contribution in [0.15, 0.2) is 36.4 Å². The standard InChI is InChI=1S/C14H14ClN3O2/c1-10-5-3-4-6-11(10)9-17(2)14-8-12(18(19)20)7-13(15)16-14/h3-8H,9H2,1-2H3. The first-order valence-corrected chi connectivity index (χ1v) is 6.43. The van der Waals surface area contributed by atoms with Crippen LogP contribution in [-0.2, 0) is 6.54 Å². The molecule has 1 heterocycles. The summed E-state index contributed by atoms with van der Waals surface area (Å²) in [6, 6.07) is 10.6. The van der Waals surface area contributed by atoms with Gasteiger partial charge in [-0.2, -0.15) is 0 Å². The molecule has 6 heteroatoms. The van der Waals surface area contributed by atoms with Gasteiger partial charge in [0, 0.05) is 13.6 Å². The van der Waals surface area contributed by atoms with Gasteiger partial charge in [0.1, 0.15) is 11.0 Å². The summed E-state index contributed by atoms with van der Waals surface area (Å²) >= 11 is 5.83. The van der Waals surface area contributed by atoms with E-state index in [0.29, 0.717) is 12.4 Å². The highest BCUT2D eigenvalue weighted by atomic mass is 35.5. The monoisotopic (exact) mass is 291 g/mol. The molecular formula is C14H14ClN3O2. The molecule has 20 heavy (non-hydrogen) atoms. The second kappa shape index (κ2) is 5.88. The van der Waals surface area contributed by atoms with Gasteiger partial charge in [-0.05, 0) is 18.1 Å². The highest BCUT2D eigenvalue weighted by Gasteiger charge is 2.13. The first kappa shape index (κ1) is 14.3. The second-order valence-electron chi connectivity index (χ2n) is 4.55. The fourth-order valence-electron chi connectivity index (χ4n) is 1.89. The van der Waals surface area contributed by atoms with Crippen molar-refractivity contribution in [3.63, 3.8) is 0 Å². The molecule has 0 atom stereocenters. The van der Waals surface area contributed by atoms with E-state index in [1.54, 1.807) is 0 Å². The largest absolute Gasteiger partial charge is 0.355 e. The normalized spacial score (nSPS) is 10.3. The highest BCUT2D eigenvalue weighted by molar-refractivity contribution is 6.29. The fraction of sp³-hybridized carbons (Fsp3) is 0.214. The molecule has 0 spiro atoms. The lowest BCUT2D eigenvalue weighted by atomic mass is 10.1. The minimum Gasteiger partial charge on any atom is -0.355 e. The number of pyridine rings is 1. The summed E-state index contributed by atoms with van der Waals surface area (Å²) in [7, 11) is 1.83. The molecule has 0 unspecified atom stereocenters. The van der Waals surface area contributed by atoms with Crippen LogP contribution in [0.1, 0.15) is 11.1 Å². The predicted octanol–water partition coefficient (Wildman–Crippen LogP) is 3.59. The Balaban J connectivity index is 2.27. The number of hydrogen-bond acceptors (Lipinski definition) is 4. The maximum Gasteiger partial charge on any atom is 0.276 e. The molecule has 0 saturated heterocycles. The maximum absolute atomic E-state index is 10.8. The topological polar surface area (TPSA) is 59.3 Å². The van der Waals surface area contributed by atoms with E-state index in [-0.39, 0.29) is 10.8 Å². The Hall–Kier alpha value is -2.14. The van der Waals surface area contributed by atoms with Crippen LogP contribution in [0.3, 0.4) is 0 Å². The average Bonchev–Trinajstić information content (AvgIpc) is 2.40. The van der Waals surface area contributed by atoms with Crippen LogP contribution in [0.25, 0.3) is 0 Å². The fourth-order valence-corrected chi connectivity index (χ4v) is 2.09. The van der Waals surface area contributed by atoms with Crippen molar-refractivity contribution in [3.8, 4) is 0 Å². The van der Waals surface area contributed by atoms with Crippen molar-refractivity contribution in [1.29, 1.82) is 0 Å². The first-order chi connectivity index (χ1) is 9.47. The number of rotatable bonds is 4. The quantitative estimate of drug-likeness (QED) is 0.491. The molecule has 104 valence electrons. The molecular weight excluding hydrogens is 278 g/mol. The molecule has 2 rings (SSSR count). The van der Waals surface area contributed by atoms with E-state index in [0.717, 1.165) is 11.1 Å². The number of nitro groups is 1. The zero-order chi connectivity index (χ0) is 14.7. The average molecular weight is 292 g/mol. The Bertz CT molecular complexity index is 646. The van der Waals surface area contributed by atoms with Gasteiger partial charge in [-0.15, -0.1) is 0 Å². The molecule has 0 fully saturated rings. The second-order valence-corrected chi connectivity index (χ2v) is 4.93. The summed E-state index contributed by atoms with van der Waals surface area (Å²) in [5.74, 6) is 0.479. The Morgan fingerprint density at radius 2 is 2.05 bits per heavy atom. The molecule has 0 N–H and O–H groups in total. The summed E-state index contributed by atoms with van der Waals surface area (Å²) in [4.78, 5) is 16.3. The molecule has 0 aliphatic heterocycles. The Morgan fingerprint density at radius 1 is 1.35 bits per heavy atom. The Kier molecular flexibility index (Phi) is 4.20. The molecule has 2 aromatic rings. The third-order valence-corrected chi connectivity index (χ3v) is 3.23. The Morgan fingerprint density at radius 3 is 2.70 bits per heavy atom. The number of aryl methyl sites for hydroxylation is 1. The van der Waals surface area contributed by atoms with Crippen molar-refractivity contribution >= 4 is 23.1 Å². The molecule has 1 aromatic heterocycles. The van der Waals surface area contributed by atoms with E-state index >= 15 is 0 Å². The number of halogens is 1. The lowest BCUT2D eigenvalue weighted by Crippen LogP contribution is -2.18. The molecule has 5 nitrogen and oxygen atoms in total. The SMILES string of the molecule is Cc1ccccc1CN(C)c1cc([N+](=O)[O-])cc(Cl)n1. The van der Waals surface area contributed by atoms with Gasteiger partial charge in [0.15, 0.2) is 0 Å². The summed E-state index contributed by atoms with van der Waals surface area (Å²) in [6.45, 7) is 2.63. The van der Waals surface area contributed by atoms with Gasteiger partial charge in [-0.25, -0.2) is 4.98 Å². The van der Waals surface area contributed by atoms with E-state index in [9.17, 15) is 10.1 Å². The maximum atomic E-state index is 10.8. The zero-order valence-electron chi connectivity index (χ0n) is 11.2. The highest BCUT2D eigenvalue weighted by Crippen LogP contribution is 2.24. The minimum atomic E-state index is -0.474. The number of anilines is 1. The van der Waals surface area contributed by atoms with Crippen molar-refractivity contribution in [2.24, 2.45) is 0 Å². The van der Waals surface area contributed by atoms with Crippen LogP contribution in [-0.4, -0.2) is 17.0 Å². The lowest BCUT2D eigenvalue weighted by Gasteiger charge is -2.19. The lowest BCUT2D eigenvalue weighted by molar-refractivity contribution is -0.384. The molecule has 0 aliphatic carbocycles. The van der Waals surface area contributed by atoms with Crippen LogP contribution >= 0.6 is 11.6 Å². The van der Waals surface area contributed by atoms with Crippen LogP contribution in [0.2, 0.25) is 5.15 Å². The van der Waals surface area contributed by atoms with E-state index in [2.05, 4.69) is 4.98 Å². The number of benzene rings is 1. The zero-order valence-corrected chi connectivity index (χ0v) is 12.0. The number of aromatic nitrogens is 1. The third-order valence-electron chi connectivity index (χ3n) is 3.04. The van der Waals surface area contributed by atoms with E-state index in [1.807, 2.05) is 43.1 Å². The van der Waals surface area contributed by atoms with E-state index in [1.165, 1.54) is 12.1 Å². The van der Waals surface area contributed by atoms with Crippen molar-refractivity contribution in [2.75, 3.05) is 11.9 Å². The predicted molar refractivity (Wildman–Crippen MR) is 79.2 cm³/mol. The van der Waals surface area contributed by atoms with Crippen molar-refractivity contribution < 1.29 is 4.92 Å². The van der Waals surface area contributed by atoms with Gasteiger partial charge in [-0.1, -0.05) is 35.9 Å². The summed E-state index contributed by atoms with van der Waals surface area (Å²) < 4.78 is 0. The summed E-state index contributed by atoms with van der Waals surface area (Å²) in [5.41, 5.74) is 2.24. The Labute approximate surface area is 122 Å². The van der Waals surface area contributed by atoms with Crippen LogP contribution < -0.4 is 4.90 Å². The van der Waals surface area contributed by atoms with Crippen LogP contribution in [0.4, 0.5) is 11.5 Å². The van der Waals surface area contributed by atoms with Crippen molar-refractivity contribution in [2.45, 2.75) is 13.5 Å². The number of nitrogens with zero attached hydrogens (tertiary/aromatic N) is 3. The van der Waals surface area contributed by atoms with Gasteiger partial charge < -0.3 is 4.90 Å². The van der Waals surface area contributed by atoms with Crippen LogP contribution in [0, 0.1) is 17.0 Å². The first-order valence-electron chi connectivity index (χ1n) is 6.05. The van der Waals surface area contributed by atoms with Gasteiger partial charge >= 0.3 is 0 Å². The van der Waals surface area contributed by atoms with Gasteiger partial charge in [0.05, 0.1) is 17.1 Å².